The van der Waals surface area contributed by atoms with Crippen molar-refractivity contribution in [2.45, 2.75) is 25.3 Å². The SMILES string of the molecule is CNCCN(C)C(=O)N[C@H]1CC[C@@H](C(=O)O)C1. The molecule has 0 bridgehead atoms. The van der Waals surface area contributed by atoms with E-state index >= 15 is 0 Å². The third kappa shape index (κ3) is 4.22. The lowest BCUT2D eigenvalue weighted by atomic mass is 10.1. The molecule has 3 N–H and O–H groups in total. The number of hydrogen-bond acceptors (Lipinski definition) is 3. The van der Waals surface area contributed by atoms with Gasteiger partial charge in [-0.2, -0.15) is 0 Å². The highest BCUT2D eigenvalue weighted by Crippen LogP contribution is 2.25. The van der Waals surface area contributed by atoms with Gasteiger partial charge < -0.3 is 20.6 Å². The predicted molar refractivity (Wildman–Crippen MR) is 63.9 cm³/mol. The highest BCUT2D eigenvalue weighted by molar-refractivity contribution is 5.75. The summed E-state index contributed by atoms with van der Waals surface area (Å²) in [5, 5.41) is 14.7. The van der Waals surface area contributed by atoms with Crippen molar-refractivity contribution in [1.82, 2.24) is 15.5 Å². The Morgan fingerprint density at radius 2 is 2.12 bits per heavy atom. The van der Waals surface area contributed by atoms with Crippen molar-refractivity contribution >= 4 is 12.0 Å². The van der Waals surface area contributed by atoms with Gasteiger partial charge in [0, 0.05) is 26.2 Å². The smallest absolute Gasteiger partial charge is 0.317 e. The summed E-state index contributed by atoms with van der Waals surface area (Å²) >= 11 is 0. The zero-order chi connectivity index (χ0) is 12.8. The van der Waals surface area contributed by atoms with E-state index in [4.69, 9.17) is 5.11 Å². The minimum Gasteiger partial charge on any atom is -0.481 e. The summed E-state index contributed by atoms with van der Waals surface area (Å²) in [6, 6.07) is -0.128. The van der Waals surface area contributed by atoms with Crippen LogP contribution in [0.2, 0.25) is 0 Å². The fraction of sp³-hybridized carbons (Fsp3) is 0.818. The highest BCUT2D eigenvalue weighted by Gasteiger charge is 2.30. The van der Waals surface area contributed by atoms with Crippen LogP contribution in [0.15, 0.2) is 0 Å². The van der Waals surface area contributed by atoms with Gasteiger partial charge in [0.05, 0.1) is 5.92 Å². The fourth-order valence-electron chi connectivity index (χ4n) is 2.00. The van der Waals surface area contributed by atoms with Gasteiger partial charge >= 0.3 is 12.0 Å². The first-order chi connectivity index (χ1) is 8.04. The second kappa shape index (κ2) is 6.44. The number of likely N-dealkylation sites (N-methyl/N-ethyl adjacent to an activating group) is 2. The molecule has 1 aliphatic rings. The third-order valence-corrected chi connectivity index (χ3v) is 3.15. The topological polar surface area (TPSA) is 81.7 Å². The van der Waals surface area contributed by atoms with Crippen LogP contribution in [-0.4, -0.2) is 55.2 Å². The summed E-state index contributed by atoms with van der Waals surface area (Å²) in [7, 11) is 3.57. The Morgan fingerprint density at radius 3 is 2.65 bits per heavy atom. The van der Waals surface area contributed by atoms with Gasteiger partial charge in [-0.15, -0.1) is 0 Å². The van der Waals surface area contributed by atoms with Gasteiger partial charge in [0.15, 0.2) is 0 Å². The minimum atomic E-state index is -0.759. The molecule has 0 radical (unpaired) electrons. The van der Waals surface area contributed by atoms with Gasteiger partial charge in [-0.25, -0.2) is 4.79 Å². The Morgan fingerprint density at radius 1 is 1.41 bits per heavy atom. The average molecular weight is 243 g/mol. The van der Waals surface area contributed by atoms with Crippen molar-refractivity contribution in [3.05, 3.63) is 0 Å². The van der Waals surface area contributed by atoms with Gasteiger partial charge in [-0.3, -0.25) is 4.79 Å². The molecule has 0 aliphatic heterocycles. The first kappa shape index (κ1) is 13.8. The molecular formula is C11H21N3O3. The number of carboxylic acid groups (broad SMARTS) is 1. The Hall–Kier alpha value is -1.30. The van der Waals surface area contributed by atoms with Crippen LogP contribution >= 0.6 is 0 Å². The van der Waals surface area contributed by atoms with Crippen LogP contribution in [0.3, 0.4) is 0 Å². The summed E-state index contributed by atoms with van der Waals surface area (Å²) in [4.78, 5) is 24.1. The van der Waals surface area contributed by atoms with Crippen molar-refractivity contribution in [3.63, 3.8) is 0 Å². The first-order valence-corrected chi connectivity index (χ1v) is 5.93. The summed E-state index contributed by atoms with van der Waals surface area (Å²) in [6.45, 7) is 1.38. The third-order valence-electron chi connectivity index (χ3n) is 3.15. The van der Waals surface area contributed by atoms with Crippen molar-refractivity contribution in [2.75, 3.05) is 27.2 Å². The number of nitrogens with one attached hydrogen (secondary N) is 2. The van der Waals surface area contributed by atoms with Gasteiger partial charge in [-0.05, 0) is 26.3 Å². The monoisotopic (exact) mass is 243 g/mol. The molecule has 0 unspecified atom stereocenters. The quantitative estimate of drug-likeness (QED) is 0.639. The average Bonchev–Trinajstić information content (AvgIpc) is 2.74. The summed E-state index contributed by atoms with van der Waals surface area (Å²) in [5.74, 6) is -1.06. The van der Waals surface area contributed by atoms with E-state index in [0.717, 1.165) is 13.0 Å². The summed E-state index contributed by atoms with van der Waals surface area (Å²) in [5.41, 5.74) is 0. The van der Waals surface area contributed by atoms with Crippen LogP contribution in [-0.2, 0) is 4.79 Å². The van der Waals surface area contributed by atoms with Gasteiger partial charge in [-0.1, -0.05) is 0 Å². The largest absolute Gasteiger partial charge is 0.481 e. The number of amides is 2. The van der Waals surface area contributed by atoms with Crippen LogP contribution in [0.1, 0.15) is 19.3 Å². The molecule has 0 aromatic heterocycles. The van der Waals surface area contributed by atoms with E-state index in [9.17, 15) is 9.59 Å². The molecule has 2 amide bonds. The second-order valence-corrected chi connectivity index (χ2v) is 4.52. The van der Waals surface area contributed by atoms with E-state index in [1.54, 1.807) is 11.9 Å². The van der Waals surface area contributed by atoms with E-state index in [1.165, 1.54) is 0 Å². The molecule has 98 valence electrons. The molecule has 0 aromatic carbocycles. The van der Waals surface area contributed by atoms with Crippen LogP contribution in [0.25, 0.3) is 0 Å². The van der Waals surface area contributed by atoms with Gasteiger partial charge in [0.2, 0.25) is 0 Å². The number of carbonyl (C=O) groups excluding carboxylic acids is 1. The minimum absolute atomic E-state index is 0.000589. The number of aliphatic carboxylic acids is 1. The fourth-order valence-corrected chi connectivity index (χ4v) is 2.00. The number of urea groups is 1. The maximum Gasteiger partial charge on any atom is 0.317 e. The maximum absolute atomic E-state index is 11.7. The molecule has 0 aromatic rings. The van der Waals surface area contributed by atoms with Crippen molar-refractivity contribution in [3.8, 4) is 0 Å². The molecule has 1 saturated carbocycles. The zero-order valence-corrected chi connectivity index (χ0v) is 10.4. The molecule has 1 aliphatic carbocycles. The standard InChI is InChI=1S/C11H21N3O3/c1-12-5-6-14(2)11(17)13-9-4-3-8(7-9)10(15)16/h8-9,12H,3-7H2,1-2H3,(H,13,17)(H,15,16)/t8-,9+/m1/s1. The normalized spacial score (nSPS) is 23.4. The molecule has 0 heterocycles. The van der Waals surface area contributed by atoms with Crippen LogP contribution < -0.4 is 10.6 Å². The van der Waals surface area contributed by atoms with Crippen molar-refractivity contribution in [1.29, 1.82) is 0 Å². The lowest BCUT2D eigenvalue weighted by Gasteiger charge is -2.20. The summed E-state index contributed by atoms with van der Waals surface area (Å²) < 4.78 is 0. The van der Waals surface area contributed by atoms with E-state index in [2.05, 4.69) is 10.6 Å². The number of hydrogen-bond donors (Lipinski definition) is 3. The van der Waals surface area contributed by atoms with Crippen LogP contribution in [0, 0.1) is 5.92 Å². The van der Waals surface area contributed by atoms with Crippen LogP contribution in [0.4, 0.5) is 4.79 Å². The first-order valence-electron chi connectivity index (χ1n) is 5.93. The van der Waals surface area contributed by atoms with Gasteiger partial charge in [0.1, 0.15) is 0 Å². The molecule has 1 rings (SSSR count). The lowest BCUT2D eigenvalue weighted by Crippen LogP contribution is -2.44. The van der Waals surface area contributed by atoms with Gasteiger partial charge in [0.25, 0.3) is 0 Å². The molecule has 6 nitrogen and oxygen atoms in total. The summed E-state index contributed by atoms with van der Waals surface area (Å²) in [6.07, 6.45) is 1.95. The number of rotatable bonds is 5. The van der Waals surface area contributed by atoms with E-state index in [1.807, 2.05) is 7.05 Å². The Kier molecular flexibility index (Phi) is 5.21. The Bertz CT molecular complexity index is 283. The van der Waals surface area contributed by atoms with Crippen molar-refractivity contribution in [2.24, 2.45) is 5.92 Å². The molecular weight excluding hydrogens is 222 g/mol. The van der Waals surface area contributed by atoms with Crippen LogP contribution in [0.5, 0.6) is 0 Å². The maximum atomic E-state index is 11.7. The Balaban J connectivity index is 2.30. The predicted octanol–water partition coefficient (Wildman–Crippen LogP) is 0.101. The zero-order valence-electron chi connectivity index (χ0n) is 10.4. The van der Waals surface area contributed by atoms with E-state index in [-0.39, 0.29) is 18.0 Å². The number of carboxylic acids is 1. The number of carbonyl (C=O) groups is 2. The highest BCUT2D eigenvalue weighted by atomic mass is 16.4. The molecule has 17 heavy (non-hydrogen) atoms. The number of nitrogens with zero attached hydrogens (tertiary/aromatic N) is 1. The molecule has 6 heteroatoms. The molecule has 0 saturated heterocycles. The van der Waals surface area contributed by atoms with Crippen molar-refractivity contribution < 1.29 is 14.7 Å². The molecule has 1 fully saturated rings. The lowest BCUT2D eigenvalue weighted by molar-refractivity contribution is -0.141. The Labute approximate surface area is 101 Å². The van der Waals surface area contributed by atoms with E-state index < -0.39 is 5.97 Å². The molecule has 2 atom stereocenters. The van der Waals surface area contributed by atoms with E-state index in [0.29, 0.717) is 19.4 Å². The second-order valence-electron chi connectivity index (χ2n) is 4.52. The molecule has 0 spiro atoms.